The summed E-state index contributed by atoms with van der Waals surface area (Å²) in [6.45, 7) is 6.16. The van der Waals surface area contributed by atoms with E-state index >= 15 is 0 Å². The van der Waals surface area contributed by atoms with Crippen LogP contribution in [0.3, 0.4) is 0 Å². The van der Waals surface area contributed by atoms with Crippen molar-refractivity contribution in [1.82, 2.24) is 10.2 Å². The second kappa shape index (κ2) is 7.46. The summed E-state index contributed by atoms with van der Waals surface area (Å²) in [5.74, 6) is 0. The minimum absolute atomic E-state index is 0.132. The Morgan fingerprint density at radius 2 is 1.90 bits per heavy atom. The molecule has 0 aliphatic heterocycles. The Morgan fingerprint density at radius 1 is 1.25 bits per heavy atom. The van der Waals surface area contributed by atoms with Gasteiger partial charge in [0, 0.05) is 18.8 Å². The van der Waals surface area contributed by atoms with Crippen LogP contribution in [0.1, 0.15) is 13.8 Å². The topological polar surface area (TPSA) is 27.3 Å². The summed E-state index contributed by atoms with van der Waals surface area (Å²) in [6.07, 6.45) is 0. The van der Waals surface area contributed by atoms with Crippen LogP contribution in [0.5, 0.6) is 0 Å². The zero-order chi connectivity index (χ0) is 15.3. The van der Waals surface area contributed by atoms with Crippen molar-refractivity contribution in [3.05, 3.63) is 28.2 Å². The molecule has 0 atom stereocenters. The molecule has 3 nitrogen and oxygen atoms in total. The summed E-state index contributed by atoms with van der Waals surface area (Å²) in [6, 6.07) is 5.33. The van der Waals surface area contributed by atoms with Gasteiger partial charge in [-0.2, -0.15) is 0 Å². The van der Waals surface area contributed by atoms with E-state index in [2.05, 4.69) is 43.5 Å². The highest BCUT2D eigenvalue weighted by molar-refractivity contribution is 7.80. The van der Waals surface area contributed by atoms with Crippen molar-refractivity contribution in [3.8, 4) is 0 Å². The maximum atomic E-state index is 5.96. The van der Waals surface area contributed by atoms with Crippen LogP contribution < -0.4 is 10.6 Å². The highest BCUT2D eigenvalue weighted by Crippen LogP contribution is 2.25. The molecule has 1 aromatic rings. The number of nitrogens with zero attached hydrogens (tertiary/aromatic N) is 1. The first-order valence-corrected chi connectivity index (χ1v) is 7.51. The Labute approximate surface area is 136 Å². The van der Waals surface area contributed by atoms with Crippen LogP contribution in [0.15, 0.2) is 18.2 Å². The van der Waals surface area contributed by atoms with Crippen molar-refractivity contribution in [1.29, 1.82) is 0 Å². The molecule has 0 saturated carbocycles. The molecule has 2 N–H and O–H groups in total. The minimum Gasteiger partial charge on any atom is -0.362 e. The van der Waals surface area contributed by atoms with Crippen LogP contribution >= 0.6 is 35.4 Å². The number of halogens is 2. The fraction of sp³-hybridized carbons (Fsp3) is 0.500. The molecule has 1 aromatic carbocycles. The Kier molecular flexibility index (Phi) is 6.52. The van der Waals surface area contributed by atoms with Crippen molar-refractivity contribution in [2.75, 3.05) is 32.5 Å². The average Bonchev–Trinajstić information content (AvgIpc) is 2.30. The quantitative estimate of drug-likeness (QED) is 0.800. The molecule has 20 heavy (non-hydrogen) atoms. The Hall–Kier alpha value is -0.550. The summed E-state index contributed by atoms with van der Waals surface area (Å²) >= 11 is 17.1. The first kappa shape index (κ1) is 17.5. The highest BCUT2D eigenvalue weighted by Gasteiger charge is 2.18. The molecule has 0 heterocycles. The van der Waals surface area contributed by atoms with Gasteiger partial charge in [-0.25, -0.2) is 0 Å². The Balaban J connectivity index is 2.49. The second-order valence-electron chi connectivity index (χ2n) is 5.84. The number of rotatable bonds is 5. The standard InChI is InChI=1S/C14H21Cl2N3S/c1-14(2,9-19(3)4)8-17-13(20)18-10-5-6-11(15)12(16)7-10/h5-7H,8-9H2,1-4H3,(H2,17,18,20). The Bertz CT molecular complexity index is 475. The van der Waals surface area contributed by atoms with E-state index in [0.29, 0.717) is 15.2 Å². The van der Waals surface area contributed by atoms with E-state index in [1.54, 1.807) is 12.1 Å². The summed E-state index contributed by atoms with van der Waals surface area (Å²) in [7, 11) is 4.13. The van der Waals surface area contributed by atoms with Gasteiger partial charge in [-0.05, 0) is 49.9 Å². The molecule has 0 bridgehead atoms. The molecule has 0 saturated heterocycles. The number of anilines is 1. The van der Waals surface area contributed by atoms with Crippen LogP contribution in [-0.4, -0.2) is 37.2 Å². The smallest absolute Gasteiger partial charge is 0.170 e. The van der Waals surface area contributed by atoms with Gasteiger partial charge in [0.15, 0.2) is 5.11 Å². The van der Waals surface area contributed by atoms with Crippen LogP contribution in [0.2, 0.25) is 10.0 Å². The second-order valence-corrected chi connectivity index (χ2v) is 7.06. The maximum absolute atomic E-state index is 5.96. The van der Waals surface area contributed by atoms with Crippen LogP contribution in [0.4, 0.5) is 5.69 Å². The predicted octanol–water partition coefficient (Wildman–Crippen LogP) is 3.87. The monoisotopic (exact) mass is 333 g/mol. The first-order chi connectivity index (χ1) is 9.19. The lowest BCUT2D eigenvalue weighted by molar-refractivity contribution is 0.242. The molecule has 6 heteroatoms. The fourth-order valence-corrected chi connectivity index (χ4v) is 2.47. The lowest BCUT2D eigenvalue weighted by atomic mass is 9.93. The molecular formula is C14H21Cl2N3S. The van der Waals surface area contributed by atoms with Gasteiger partial charge in [-0.15, -0.1) is 0 Å². The van der Waals surface area contributed by atoms with Gasteiger partial charge in [0.1, 0.15) is 0 Å². The molecule has 0 aliphatic carbocycles. The third-order valence-corrected chi connectivity index (χ3v) is 3.63. The fourth-order valence-electron chi connectivity index (χ4n) is 1.98. The average molecular weight is 334 g/mol. The van der Waals surface area contributed by atoms with E-state index in [0.717, 1.165) is 18.8 Å². The molecule has 0 radical (unpaired) electrons. The van der Waals surface area contributed by atoms with E-state index in [-0.39, 0.29) is 5.41 Å². The lowest BCUT2D eigenvalue weighted by Crippen LogP contribution is -2.41. The van der Waals surface area contributed by atoms with Gasteiger partial charge in [-0.3, -0.25) is 0 Å². The van der Waals surface area contributed by atoms with Crippen molar-refractivity contribution in [2.45, 2.75) is 13.8 Å². The minimum atomic E-state index is 0.132. The van der Waals surface area contributed by atoms with Gasteiger partial charge in [-0.1, -0.05) is 37.0 Å². The third kappa shape index (κ3) is 6.27. The number of hydrogen-bond acceptors (Lipinski definition) is 2. The summed E-state index contributed by atoms with van der Waals surface area (Å²) < 4.78 is 0. The zero-order valence-electron chi connectivity index (χ0n) is 12.3. The van der Waals surface area contributed by atoms with E-state index < -0.39 is 0 Å². The molecule has 0 amide bonds. The molecule has 0 aliphatic rings. The molecule has 0 unspecified atom stereocenters. The number of hydrogen-bond donors (Lipinski definition) is 2. The zero-order valence-corrected chi connectivity index (χ0v) is 14.6. The molecular weight excluding hydrogens is 313 g/mol. The van der Waals surface area contributed by atoms with Crippen molar-refractivity contribution in [3.63, 3.8) is 0 Å². The summed E-state index contributed by atoms with van der Waals surface area (Å²) in [4.78, 5) is 2.16. The van der Waals surface area contributed by atoms with Gasteiger partial charge < -0.3 is 15.5 Å². The van der Waals surface area contributed by atoms with Crippen molar-refractivity contribution < 1.29 is 0 Å². The maximum Gasteiger partial charge on any atom is 0.170 e. The third-order valence-electron chi connectivity index (χ3n) is 2.65. The summed E-state index contributed by atoms with van der Waals surface area (Å²) in [5.41, 5.74) is 0.953. The molecule has 0 fully saturated rings. The van der Waals surface area contributed by atoms with E-state index in [4.69, 9.17) is 35.4 Å². The highest BCUT2D eigenvalue weighted by atomic mass is 35.5. The number of thiocarbonyl (C=S) groups is 1. The Morgan fingerprint density at radius 3 is 2.45 bits per heavy atom. The van der Waals surface area contributed by atoms with Crippen molar-refractivity contribution in [2.24, 2.45) is 5.41 Å². The van der Waals surface area contributed by atoms with E-state index in [1.807, 2.05) is 6.07 Å². The van der Waals surface area contributed by atoms with E-state index in [1.165, 1.54) is 0 Å². The predicted molar refractivity (Wildman–Crippen MR) is 93.0 cm³/mol. The largest absolute Gasteiger partial charge is 0.362 e. The molecule has 112 valence electrons. The molecule has 0 aromatic heterocycles. The van der Waals surface area contributed by atoms with Crippen LogP contribution in [0, 0.1) is 5.41 Å². The van der Waals surface area contributed by atoms with Gasteiger partial charge in [0.05, 0.1) is 10.0 Å². The van der Waals surface area contributed by atoms with Gasteiger partial charge >= 0.3 is 0 Å². The van der Waals surface area contributed by atoms with Gasteiger partial charge in [0.2, 0.25) is 0 Å². The van der Waals surface area contributed by atoms with Crippen LogP contribution in [0.25, 0.3) is 0 Å². The van der Waals surface area contributed by atoms with Gasteiger partial charge in [0.25, 0.3) is 0 Å². The molecule has 0 spiro atoms. The SMILES string of the molecule is CN(C)CC(C)(C)CNC(=S)Nc1ccc(Cl)c(Cl)c1. The molecule has 1 rings (SSSR count). The normalized spacial score (nSPS) is 11.6. The first-order valence-electron chi connectivity index (χ1n) is 6.34. The number of benzene rings is 1. The van der Waals surface area contributed by atoms with Crippen molar-refractivity contribution >= 4 is 46.2 Å². The number of nitrogens with one attached hydrogen (secondary N) is 2. The van der Waals surface area contributed by atoms with E-state index in [9.17, 15) is 0 Å². The van der Waals surface area contributed by atoms with Crippen LogP contribution in [-0.2, 0) is 0 Å². The summed E-state index contributed by atoms with van der Waals surface area (Å²) in [5, 5.41) is 7.94. The lowest BCUT2D eigenvalue weighted by Gasteiger charge is -2.29.